The van der Waals surface area contributed by atoms with Crippen molar-refractivity contribution in [3.8, 4) is 0 Å². The van der Waals surface area contributed by atoms with Gasteiger partial charge in [-0.05, 0) is 44.5 Å². The Bertz CT molecular complexity index is 883. The predicted octanol–water partition coefficient (Wildman–Crippen LogP) is 1.97. The van der Waals surface area contributed by atoms with Gasteiger partial charge >= 0.3 is 0 Å². The van der Waals surface area contributed by atoms with Gasteiger partial charge in [0.25, 0.3) is 5.56 Å². The van der Waals surface area contributed by atoms with E-state index in [1.165, 1.54) is 30.6 Å². The van der Waals surface area contributed by atoms with Gasteiger partial charge in [-0.1, -0.05) is 19.3 Å². The van der Waals surface area contributed by atoms with Gasteiger partial charge in [0.1, 0.15) is 10.7 Å². The Balaban J connectivity index is 1.55. The van der Waals surface area contributed by atoms with E-state index in [-0.39, 0.29) is 17.9 Å². The van der Waals surface area contributed by atoms with E-state index in [1.54, 1.807) is 0 Å². The molecule has 2 heterocycles. The lowest BCUT2D eigenvalue weighted by atomic mass is 9.96. The number of nitrogens with one attached hydrogen (secondary N) is 4. The van der Waals surface area contributed by atoms with E-state index in [0.717, 1.165) is 23.3 Å². The number of rotatable bonds is 3. The molecule has 140 valence electrons. The Hall–Kier alpha value is -2.00. The summed E-state index contributed by atoms with van der Waals surface area (Å²) in [6, 6.07) is 0.367. The molecule has 9 heteroatoms. The summed E-state index contributed by atoms with van der Waals surface area (Å²) in [5, 5.41) is 4.23. The first-order chi connectivity index (χ1) is 12.4. The smallest absolute Gasteiger partial charge is 0.259 e. The van der Waals surface area contributed by atoms with Gasteiger partial charge in [0.2, 0.25) is 5.91 Å². The molecular formula is C17H23N5O2S2. The average molecular weight is 394 g/mol. The SMILES string of the molecule is Cc1sc2nc(CC(=O)NNC(=S)NC3CCCCC3)[nH]c(=O)c2c1C. The topological polar surface area (TPSA) is 98.9 Å². The van der Waals surface area contributed by atoms with Crippen LogP contribution in [0.2, 0.25) is 0 Å². The van der Waals surface area contributed by atoms with Crippen LogP contribution in [0.5, 0.6) is 0 Å². The van der Waals surface area contributed by atoms with Crippen molar-refractivity contribution in [3.05, 3.63) is 26.6 Å². The maximum Gasteiger partial charge on any atom is 0.259 e. The van der Waals surface area contributed by atoms with E-state index >= 15 is 0 Å². The number of aromatic amines is 1. The number of amides is 1. The van der Waals surface area contributed by atoms with Gasteiger partial charge in [-0.15, -0.1) is 11.3 Å². The van der Waals surface area contributed by atoms with Crippen LogP contribution in [0, 0.1) is 13.8 Å². The van der Waals surface area contributed by atoms with Gasteiger partial charge in [0, 0.05) is 10.9 Å². The second kappa shape index (κ2) is 8.13. The Morgan fingerprint density at radius 3 is 2.73 bits per heavy atom. The molecule has 2 aromatic rings. The van der Waals surface area contributed by atoms with Crippen LogP contribution in [0.3, 0.4) is 0 Å². The van der Waals surface area contributed by atoms with Gasteiger partial charge in [0.15, 0.2) is 5.11 Å². The van der Waals surface area contributed by atoms with Crippen LogP contribution in [-0.2, 0) is 11.2 Å². The minimum Gasteiger partial charge on any atom is -0.359 e. The van der Waals surface area contributed by atoms with Crippen molar-refractivity contribution < 1.29 is 4.79 Å². The number of aromatic nitrogens is 2. The molecule has 0 aromatic carbocycles. The molecule has 1 fully saturated rings. The molecule has 0 spiro atoms. The van der Waals surface area contributed by atoms with Crippen LogP contribution in [0.15, 0.2) is 4.79 Å². The molecule has 1 aliphatic carbocycles. The molecule has 3 rings (SSSR count). The van der Waals surface area contributed by atoms with E-state index in [1.807, 2.05) is 13.8 Å². The maximum atomic E-state index is 12.2. The quantitative estimate of drug-likeness (QED) is 0.470. The molecule has 0 saturated heterocycles. The minimum atomic E-state index is -0.315. The molecule has 1 amide bonds. The second-order valence-electron chi connectivity index (χ2n) is 6.63. The number of hydrogen-bond acceptors (Lipinski definition) is 5. The molecule has 1 aliphatic rings. The Morgan fingerprint density at radius 2 is 2.00 bits per heavy atom. The third kappa shape index (κ3) is 4.39. The first-order valence-corrected chi connectivity index (χ1v) is 10.0. The van der Waals surface area contributed by atoms with Crippen LogP contribution < -0.4 is 21.7 Å². The van der Waals surface area contributed by atoms with Crippen molar-refractivity contribution in [3.63, 3.8) is 0 Å². The fraction of sp³-hybridized carbons (Fsp3) is 0.529. The number of nitrogens with zero attached hydrogens (tertiary/aromatic N) is 1. The highest BCUT2D eigenvalue weighted by atomic mass is 32.1. The highest BCUT2D eigenvalue weighted by Crippen LogP contribution is 2.25. The van der Waals surface area contributed by atoms with Crippen molar-refractivity contribution in [1.29, 1.82) is 0 Å². The molecule has 2 aromatic heterocycles. The largest absolute Gasteiger partial charge is 0.359 e. The summed E-state index contributed by atoms with van der Waals surface area (Å²) in [5.41, 5.74) is 6.01. The summed E-state index contributed by atoms with van der Waals surface area (Å²) in [7, 11) is 0. The lowest BCUT2D eigenvalue weighted by Gasteiger charge is -2.24. The second-order valence-corrected chi connectivity index (χ2v) is 8.25. The molecule has 0 atom stereocenters. The lowest BCUT2D eigenvalue weighted by molar-refractivity contribution is -0.121. The number of hydrogen-bond donors (Lipinski definition) is 4. The van der Waals surface area contributed by atoms with Crippen LogP contribution in [0.4, 0.5) is 0 Å². The van der Waals surface area contributed by atoms with Crippen molar-refractivity contribution in [1.82, 2.24) is 26.1 Å². The Kier molecular flexibility index (Phi) is 5.87. The molecule has 7 nitrogen and oxygen atoms in total. The third-order valence-electron chi connectivity index (χ3n) is 4.67. The summed E-state index contributed by atoms with van der Waals surface area (Å²) in [6.07, 6.45) is 5.85. The first kappa shape index (κ1) is 18.8. The van der Waals surface area contributed by atoms with E-state index in [0.29, 0.717) is 27.2 Å². The molecule has 4 N–H and O–H groups in total. The first-order valence-electron chi connectivity index (χ1n) is 8.78. The standard InChI is InChI=1S/C17H23N5O2S2/c1-9-10(2)26-16-14(9)15(24)19-12(20-16)8-13(23)21-22-17(25)18-11-6-4-3-5-7-11/h11H,3-8H2,1-2H3,(H,21,23)(H2,18,22,25)(H,19,20,24). The minimum absolute atomic E-state index is 0.0276. The number of carbonyl (C=O) groups is 1. The third-order valence-corrected chi connectivity index (χ3v) is 5.99. The summed E-state index contributed by atoms with van der Waals surface area (Å²) in [6.45, 7) is 3.86. The number of H-pyrrole nitrogens is 1. The zero-order valence-corrected chi connectivity index (χ0v) is 16.5. The summed E-state index contributed by atoms with van der Waals surface area (Å²) < 4.78 is 0. The van der Waals surface area contributed by atoms with E-state index in [9.17, 15) is 9.59 Å². The van der Waals surface area contributed by atoms with Gasteiger partial charge in [-0.3, -0.25) is 20.4 Å². The van der Waals surface area contributed by atoms with E-state index in [4.69, 9.17) is 12.2 Å². The number of thiophene rings is 1. The van der Waals surface area contributed by atoms with Crippen molar-refractivity contribution in [2.24, 2.45) is 0 Å². The number of aryl methyl sites for hydroxylation is 2. The van der Waals surface area contributed by atoms with Gasteiger partial charge in [-0.2, -0.15) is 0 Å². The lowest BCUT2D eigenvalue weighted by Crippen LogP contribution is -2.50. The zero-order chi connectivity index (χ0) is 18.7. The maximum absolute atomic E-state index is 12.2. The molecule has 26 heavy (non-hydrogen) atoms. The summed E-state index contributed by atoms with van der Waals surface area (Å²) in [5.74, 6) is 0.0273. The number of hydrazine groups is 1. The highest BCUT2D eigenvalue weighted by Gasteiger charge is 2.15. The van der Waals surface area contributed by atoms with Gasteiger partial charge in [0.05, 0.1) is 11.8 Å². The van der Waals surface area contributed by atoms with Crippen LogP contribution >= 0.6 is 23.6 Å². The molecule has 0 aliphatic heterocycles. The van der Waals surface area contributed by atoms with Crippen molar-refractivity contribution >= 4 is 44.8 Å². The van der Waals surface area contributed by atoms with Crippen LogP contribution in [0.1, 0.15) is 48.4 Å². The van der Waals surface area contributed by atoms with Crippen molar-refractivity contribution in [2.75, 3.05) is 0 Å². The van der Waals surface area contributed by atoms with Crippen molar-refractivity contribution in [2.45, 2.75) is 58.4 Å². The Labute approximate surface area is 161 Å². The van der Waals surface area contributed by atoms with Crippen LogP contribution in [-0.4, -0.2) is 27.0 Å². The van der Waals surface area contributed by atoms with Gasteiger partial charge in [-0.25, -0.2) is 4.98 Å². The fourth-order valence-corrected chi connectivity index (χ4v) is 4.44. The molecular weight excluding hydrogens is 370 g/mol. The Morgan fingerprint density at radius 1 is 1.27 bits per heavy atom. The number of fused-ring (bicyclic) bond motifs is 1. The predicted molar refractivity (Wildman–Crippen MR) is 107 cm³/mol. The van der Waals surface area contributed by atoms with E-state index < -0.39 is 0 Å². The van der Waals surface area contributed by atoms with E-state index in [2.05, 4.69) is 26.1 Å². The average Bonchev–Trinajstić information content (AvgIpc) is 2.88. The number of carbonyl (C=O) groups excluding carboxylic acids is 1. The zero-order valence-electron chi connectivity index (χ0n) is 14.9. The normalized spacial score (nSPS) is 15.0. The molecule has 0 unspecified atom stereocenters. The number of thiocarbonyl (C=S) groups is 1. The highest BCUT2D eigenvalue weighted by molar-refractivity contribution is 7.80. The summed E-state index contributed by atoms with van der Waals surface area (Å²) in [4.78, 5) is 33.2. The summed E-state index contributed by atoms with van der Waals surface area (Å²) >= 11 is 6.67. The molecule has 0 bridgehead atoms. The van der Waals surface area contributed by atoms with Crippen LogP contribution in [0.25, 0.3) is 10.2 Å². The van der Waals surface area contributed by atoms with Gasteiger partial charge < -0.3 is 10.3 Å². The monoisotopic (exact) mass is 393 g/mol. The molecule has 0 radical (unpaired) electrons. The fourth-order valence-electron chi connectivity index (χ4n) is 3.17. The molecule has 1 saturated carbocycles.